The monoisotopic (exact) mass is 232 g/mol. The highest BCUT2D eigenvalue weighted by molar-refractivity contribution is 5.79. The van der Waals surface area contributed by atoms with Crippen LogP contribution in [0.5, 0.6) is 0 Å². The molecule has 16 heavy (non-hydrogen) atoms. The van der Waals surface area contributed by atoms with Gasteiger partial charge in [0.1, 0.15) is 0 Å². The van der Waals surface area contributed by atoms with Crippen molar-refractivity contribution in [2.75, 3.05) is 0 Å². The van der Waals surface area contributed by atoms with E-state index in [0.717, 1.165) is 0 Å². The van der Waals surface area contributed by atoms with Gasteiger partial charge in [0.05, 0.1) is 23.0 Å². The first kappa shape index (κ1) is 12.9. The Labute approximate surface area is 92.5 Å². The lowest BCUT2D eigenvalue weighted by Crippen LogP contribution is -2.56. The smallest absolute Gasteiger partial charge is 0.312 e. The zero-order valence-corrected chi connectivity index (χ0v) is 9.17. The Hall–Kier alpha value is -1.14. The van der Waals surface area contributed by atoms with Crippen molar-refractivity contribution in [2.45, 2.75) is 38.9 Å². The van der Waals surface area contributed by atoms with Crippen LogP contribution in [0.3, 0.4) is 0 Å². The summed E-state index contributed by atoms with van der Waals surface area (Å²) in [7, 11) is 0. The van der Waals surface area contributed by atoms with Gasteiger partial charge in [0.25, 0.3) is 0 Å². The van der Waals surface area contributed by atoms with Crippen molar-refractivity contribution in [3.63, 3.8) is 0 Å². The van der Waals surface area contributed by atoms with Crippen LogP contribution in [-0.4, -0.2) is 44.6 Å². The highest BCUT2D eigenvalue weighted by Gasteiger charge is 2.56. The van der Waals surface area contributed by atoms with E-state index in [9.17, 15) is 19.8 Å². The molecule has 6 nitrogen and oxygen atoms in total. The van der Waals surface area contributed by atoms with Crippen molar-refractivity contribution in [2.24, 2.45) is 10.8 Å². The number of aliphatic hydroxyl groups is 2. The van der Waals surface area contributed by atoms with Crippen molar-refractivity contribution in [1.82, 2.24) is 0 Å². The van der Waals surface area contributed by atoms with Crippen LogP contribution < -0.4 is 0 Å². The summed E-state index contributed by atoms with van der Waals surface area (Å²) in [4.78, 5) is 22.0. The lowest BCUT2D eigenvalue weighted by molar-refractivity contribution is -0.185. The zero-order valence-electron chi connectivity index (χ0n) is 9.17. The Balaban J connectivity index is 3.03. The molecule has 1 aliphatic carbocycles. The lowest BCUT2D eigenvalue weighted by Gasteiger charge is -2.45. The van der Waals surface area contributed by atoms with Crippen LogP contribution in [0, 0.1) is 10.8 Å². The maximum Gasteiger partial charge on any atom is 0.312 e. The Morgan fingerprint density at radius 3 is 1.38 bits per heavy atom. The molecule has 0 saturated heterocycles. The van der Waals surface area contributed by atoms with Crippen LogP contribution >= 0.6 is 0 Å². The fourth-order valence-corrected chi connectivity index (χ4v) is 1.99. The second-order valence-electron chi connectivity index (χ2n) is 4.89. The molecule has 1 saturated carbocycles. The fraction of sp³-hybridized carbons (Fsp3) is 0.800. The molecule has 0 aliphatic heterocycles. The second-order valence-corrected chi connectivity index (χ2v) is 4.89. The molecule has 4 N–H and O–H groups in total. The predicted molar refractivity (Wildman–Crippen MR) is 52.7 cm³/mol. The number of aliphatic carboxylic acids is 2. The molecule has 92 valence electrons. The van der Waals surface area contributed by atoms with Gasteiger partial charge in [-0.15, -0.1) is 0 Å². The van der Waals surface area contributed by atoms with Crippen molar-refractivity contribution in [3.8, 4) is 0 Å². The van der Waals surface area contributed by atoms with Crippen LogP contribution in [0.2, 0.25) is 0 Å². The summed E-state index contributed by atoms with van der Waals surface area (Å²) >= 11 is 0. The van der Waals surface area contributed by atoms with Gasteiger partial charge in [-0.3, -0.25) is 9.59 Å². The van der Waals surface area contributed by atoms with E-state index in [0.29, 0.717) is 0 Å². The number of hydrogen-bond acceptors (Lipinski definition) is 4. The fourth-order valence-electron chi connectivity index (χ4n) is 1.99. The first-order valence-corrected chi connectivity index (χ1v) is 4.97. The topological polar surface area (TPSA) is 115 Å². The van der Waals surface area contributed by atoms with Gasteiger partial charge in [-0.05, 0) is 26.7 Å². The van der Waals surface area contributed by atoms with E-state index in [4.69, 9.17) is 10.2 Å². The summed E-state index contributed by atoms with van der Waals surface area (Å²) in [6, 6.07) is 0. The van der Waals surface area contributed by atoms with Crippen LogP contribution in [0.4, 0.5) is 0 Å². The first-order chi connectivity index (χ1) is 7.14. The maximum atomic E-state index is 11.0. The summed E-state index contributed by atoms with van der Waals surface area (Å²) in [6.45, 7) is 2.62. The molecule has 0 heterocycles. The van der Waals surface area contributed by atoms with E-state index in [2.05, 4.69) is 0 Å². The molecule has 0 amide bonds. The van der Waals surface area contributed by atoms with Gasteiger partial charge in [-0.25, -0.2) is 0 Å². The number of carboxylic acid groups (broad SMARTS) is 2. The average molecular weight is 232 g/mol. The molecular formula is C10H16O6. The molecule has 0 aromatic heterocycles. The van der Waals surface area contributed by atoms with Crippen molar-refractivity contribution < 1.29 is 30.0 Å². The summed E-state index contributed by atoms with van der Waals surface area (Å²) in [5, 5.41) is 37.4. The quantitative estimate of drug-likeness (QED) is 0.519. The van der Waals surface area contributed by atoms with E-state index in [-0.39, 0.29) is 12.8 Å². The first-order valence-electron chi connectivity index (χ1n) is 4.97. The number of hydrogen-bond donors (Lipinski definition) is 4. The third-order valence-corrected chi connectivity index (χ3v) is 3.68. The lowest BCUT2D eigenvalue weighted by atomic mass is 9.61. The highest BCUT2D eigenvalue weighted by Crippen LogP contribution is 2.45. The highest BCUT2D eigenvalue weighted by atomic mass is 16.4. The molecule has 4 unspecified atom stereocenters. The van der Waals surface area contributed by atoms with Gasteiger partial charge in [-0.2, -0.15) is 0 Å². The molecule has 4 atom stereocenters. The molecular weight excluding hydrogens is 216 g/mol. The maximum absolute atomic E-state index is 11.0. The molecule has 1 fully saturated rings. The van der Waals surface area contributed by atoms with Crippen LogP contribution in [0.25, 0.3) is 0 Å². The molecule has 0 aromatic rings. The second kappa shape index (κ2) is 3.71. The minimum atomic E-state index is -1.49. The third-order valence-electron chi connectivity index (χ3n) is 3.68. The van der Waals surface area contributed by atoms with Gasteiger partial charge >= 0.3 is 11.9 Å². The Kier molecular flexibility index (Phi) is 3.00. The summed E-state index contributed by atoms with van der Waals surface area (Å²) in [5.74, 6) is -2.46. The third kappa shape index (κ3) is 1.68. The summed E-state index contributed by atoms with van der Waals surface area (Å²) in [6.07, 6.45) is -3.11. The Morgan fingerprint density at radius 2 is 1.19 bits per heavy atom. The molecule has 0 radical (unpaired) electrons. The minimum absolute atomic E-state index is 0.272. The van der Waals surface area contributed by atoms with Gasteiger partial charge in [0.15, 0.2) is 0 Å². The Morgan fingerprint density at radius 1 is 0.938 bits per heavy atom. The predicted octanol–water partition coefficient (Wildman–Crippen LogP) is -0.316. The van der Waals surface area contributed by atoms with Gasteiger partial charge in [0, 0.05) is 0 Å². The van der Waals surface area contributed by atoms with Crippen molar-refractivity contribution >= 4 is 11.9 Å². The van der Waals surface area contributed by atoms with Gasteiger partial charge in [0.2, 0.25) is 0 Å². The van der Waals surface area contributed by atoms with E-state index >= 15 is 0 Å². The average Bonchev–Trinajstić information content (AvgIpc) is 2.14. The standard InChI is InChI=1S/C10H16O6/c1-9(7(13)14)3-6(12)10(2,8(15)16)4-5(9)11/h5-6,11-12H,3-4H2,1-2H3,(H,13,14)(H,15,16). The zero-order chi connectivity index (χ0) is 12.7. The summed E-state index contributed by atoms with van der Waals surface area (Å²) < 4.78 is 0. The number of rotatable bonds is 2. The van der Waals surface area contributed by atoms with Crippen LogP contribution in [-0.2, 0) is 9.59 Å². The van der Waals surface area contributed by atoms with Crippen LogP contribution in [0.15, 0.2) is 0 Å². The van der Waals surface area contributed by atoms with Crippen molar-refractivity contribution in [1.29, 1.82) is 0 Å². The van der Waals surface area contributed by atoms with E-state index in [1.807, 2.05) is 0 Å². The number of aliphatic hydroxyl groups excluding tert-OH is 2. The number of carbonyl (C=O) groups is 2. The molecule has 0 spiro atoms. The molecule has 1 rings (SSSR count). The largest absolute Gasteiger partial charge is 0.481 e. The van der Waals surface area contributed by atoms with Gasteiger partial charge in [-0.1, -0.05) is 0 Å². The molecule has 6 heteroatoms. The normalized spacial score (nSPS) is 44.0. The molecule has 1 aliphatic rings. The number of carboxylic acids is 2. The van der Waals surface area contributed by atoms with Crippen LogP contribution in [0.1, 0.15) is 26.7 Å². The Bertz CT molecular complexity index is 295. The van der Waals surface area contributed by atoms with Crippen molar-refractivity contribution in [3.05, 3.63) is 0 Å². The minimum Gasteiger partial charge on any atom is -0.481 e. The van der Waals surface area contributed by atoms with E-state index < -0.39 is 35.0 Å². The molecule has 0 aromatic carbocycles. The summed E-state index contributed by atoms with van der Waals surface area (Å²) in [5.41, 5.74) is -2.98. The van der Waals surface area contributed by atoms with E-state index in [1.165, 1.54) is 13.8 Å². The SMILES string of the molecule is CC1(C(=O)O)CC(O)C(C)(C(=O)O)CC1O. The molecule has 0 bridgehead atoms. The van der Waals surface area contributed by atoms with Gasteiger partial charge < -0.3 is 20.4 Å². The van der Waals surface area contributed by atoms with E-state index in [1.54, 1.807) is 0 Å².